The summed E-state index contributed by atoms with van der Waals surface area (Å²) in [4.78, 5) is 14.4. The van der Waals surface area contributed by atoms with Gasteiger partial charge in [0.2, 0.25) is 0 Å². The van der Waals surface area contributed by atoms with E-state index in [4.69, 9.17) is 17.3 Å². The molecule has 1 heterocycles. The normalized spacial score (nSPS) is 18.1. The quantitative estimate of drug-likeness (QED) is 0.796. The second-order valence-electron chi connectivity index (χ2n) is 6.05. The van der Waals surface area contributed by atoms with E-state index in [0.29, 0.717) is 21.7 Å². The molecule has 1 fully saturated rings. The Morgan fingerprint density at radius 2 is 2.00 bits per heavy atom. The SMILES string of the molecule is CC1(C)CCCN(C(=O)c2ccc(N)cc2Cl)CC1.Cl. The zero-order valence-electron chi connectivity index (χ0n) is 12.0. The van der Waals surface area contributed by atoms with Crippen molar-refractivity contribution < 1.29 is 4.79 Å². The van der Waals surface area contributed by atoms with Crippen LogP contribution in [0.2, 0.25) is 5.02 Å². The van der Waals surface area contributed by atoms with Gasteiger partial charge in [-0.15, -0.1) is 12.4 Å². The number of benzene rings is 1. The van der Waals surface area contributed by atoms with E-state index in [2.05, 4.69) is 13.8 Å². The molecule has 1 aromatic rings. The van der Waals surface area contributed by atoms with Crippen molar-refractivity contribution in [2.24, 2.45) is 5.41 Å². The molecule has 2 N–H and O–H groups in total. The Morgan fingerprint density at radius 3 is 2.65 bits per heavy atom. The average Bonchev–Trinajstić information content (AvgIpc) is 2.49. The van der Waals surface area contributed by atoms with Crippen LogP contribution in [0.1, 0.15) is 43.5 Å². The number of nitrogen functional groups attached to an aromatic ring is 1. The fraction of sp³-hybridized carbons (Fsp3) is 0.533. The van der Waals surface area contributed by atoms with Gasteiger partial charge in [-0.1, -0.05) is 25.4 Å². The first-order chi connectivity index (χ1) is 8.89. The van der Waals surface area contributed by atoms with Gasteiger partial charge in [0.1, 0.15) is 0 Å². The number of nitrogens with two attached hydrogens (primary N) is 1. The number of halogens is 2. The van der Waals surface area contributed by atoms with E-state index in [-0.39, 0.29) is 18.3 Å². The highest BCUT2D eigenvalue weighted by Gasteiger charge is 2.26. The van der Waals surface area contributed by atoms with E-state index in [9.17, 15) is 4.79 Å². The standard InChI is InChI=1S/C15H21ClN2O.ClH/c1-15(2)6-3-8-18(9-7-15)14(19)12-5-4-11(17)10-13(12)16;/h4-5,10H,3,6-9,17H2,1-2H3;1H. The summed E-state index contributed by atoms with van der Waals surface area (Å²) in [6, 6.07) is 5.08. The number of likely N-dealkylation sites (tertiary alicyclic amines) is 1. The van der Waals surface area contributed by atoms with Crippen molar-refractivity contribution in [1.82, 2.24) is 4.90 Å². The van der Waals surface area contributed by atoms with Crippen LogP contribution in [-0.4, -0.2) is 23.9 Å². The number of rotatable bonds is 1. The van der Waals surface area contributed by atoms with Gasteiger partial charge in [-0.05, 0) is 42.9 Å². The van der Waals surface area contributed by atoms with Gasteiger partial charge < -0.3 is 10.6 Å². The molecule has 1 aliphatic rings. The summed E-state index contributed by atoms with van der Waals surface area (Å²) in [7, 11) is 0. The second-order valence-corrected chi connectivity index (χ2v) is 6.46. The van der Waals surface area contributed by atoms with Gasteiger partial charge in [0, 0.05) is 18.8 Å². The summed E-state index contributed by atoms with van der Waals surface area (Å²) in [5, 5.41) is 0.438. The molecule has 1 saturated heterocycles. The number of anilines is 1. The number of amides is 1. The van der Waals surface area contributed by atoms with Gasteiger partial charge >= 0.3 is 0 Å². The molecule has 0 spiro atoms. The maximum atomic E-state index is 12.5. The van der Waals surface area contributed by atoms with Crippen LogP contribution in [-0.2, 0) is 0 Å². The monoisotopic (exact) mass is 316 g/mol. The molecule has 0 radical (unpaired) electrons. The van der Waals surface area contributed by atoms with Crippen LogP contribution < -0.4 is 5.73 Å². The molecular weight excluding hydrogens is 295 g/mol. The van der Waals surface area contributed by atoms with Gasteiger partial charge in [-0.25, -0.2) is 0 Å². The van der Waals surface area contributed by atoms with Crippen molar-refractivity contribution in [2.75, 3.05) is 18.8 Å². The summed E-state index contributed by atoms with van der Waals surface area (Å²) >= 11 is 6.11. The van der Waals surface area contributed by atoms with Gasteiger partial charge in [-0.3, -0.25) is 4.79 Å². The Morgan fingerprint density at radius 1 is 1.30 bits per heavy atom. The Balaban J connectivity index is 0.00000200. The summed E-state index contributed by atoms with van der Waals surface area (Å²) < 4.78 is 0. The van der Waals surface area contributed by atoms with Gasteiger partial charge in [-0.2, -0.15) is 0 Å². The maximum Gasteiger partial charge on any atom is 0.255 e. The van der Waals surface area contributed by atoms with Crippen molar-refractivity contribution in [3.63, 3.8) is 0 Å². The van der Waals surface area contributed by atoms with Crippen LogP contribution in [0.25, 0.3) is 0 Å². The zero-order chi connectivity index (χ0) is 14.0. The molecule has 0 aliphatic carbocycles. The van der Waals surface area contributed by atoms with Crippen LogP contribution >= 0.6 is 24.0 Å². The van der Waals surface area contributed by atoms with Crippen molar-refractivity contribution in [3.8, 4) is 0 Å². The Hall–Kier alpha value is -0.930. The summed E-state index contributed by atoms with van der Waals surface area (Å²) in [6.45, 7) is 6.13. The number of nitrogens with zero attached hydrogens (tertiary/aromatic N) is 1. The molecule has 2 rings (SSSR count). The summed E-state index contributed by atoms with van der Waals surface area (Å²) in [6.07, 6.45) is 3.24. The topological polar surface area (TPSA) is 46.3 Å². The van der Waals surface area contributed by atoms with Gasteiger partial charge in [0.15, 0.2) is 0 Å². The third-order valence-electron chi connectivity index (χ3n) is 3.85. The third kappa shape index (κ3) is 4.03. The highest BCUT2D eigenvalue weighted by molar-refractivity contribution is 6.34. The average molecular weight is 317 g/mol. The van der Waals surface area contributed by atoms with E-state index in [1.165, 1.54) is 0 Å². The van der Waals surface area contributed by atoms with Crippen LogP contribution in [0.15, 0.2) is 18.2 Å². The Labute approximate surface area is 131 Å². The van der Waals surface area contributed by atoms with Crippen molar-refractivity contribution in [1.29, 1.82) is 0 Å². The van der Waals surface area contributed by atoms with E-state index < -0.39 is 0 Å². The first kappa shape index (κ1) is 17.1. The fourth-order valence-electron chi connectivity index (χ4n) is 2.50. The smallest absolute Gasteiger partial charge is 0.255 e. The first-order valence-corrected chi connectivity index (χ1v) is 7.11. The predicted molar refractivity (Wildman–Crippen MR) is 86.6 cm³/mol. The lowest BCUT2D eigenvalue weighted by atomic mass is 9.85. The van der Waals surface area contributed by atoms with E-state index in [1.54, 1.807) is 18.2 Å². The number of hydrogen-bond acceptors (Lipinski definition) is 2. The maximum absolute atomic E-state index is 12.5. The lowest BCUT2D eigenvalue weighted by Crippen LogP contribution is -2.32. The van der Waals surface area contributed by atoms with Crippen LogP contribution in [0.4, 0.5) is 5.69 Å². The molecule has 3 nitrogen and oxygen atoms in total. The predicted octanol–water partition coefficient (Wildman–Crippen LogP) is 4.00. The molecule has 1 aromatic carbocycles. The third-order valence-corrected chi connectivity index (χ3v) is 4.16. The van der Waals surface area contributed by atoms with Gasteiger partial charge in [0.05, 0.1) is 10.6 Å². The van der Waals surface area contributed by atoms with Crippen LogP contribution in [0, 0.1) is 5.41 Å². The first-order valence-electron chi connectivity index (χ1n) is 6.73. The van der Waals surface area contributed by atoms with E-state index >= 15 is 0 Å². The fourth-order valence-corrected chi connectivity index (χ4v) is 2.77. The van der Waals surface area contributed by atoms with Crippen molar-refractivity contribution in [3.05, 3.63) is 28.8 Å². The van der Waals surface area contributed by atoms with Crippen molar-refractivity contribution in [2.45, 2.75) is 33.1 Å². The molecule has 1 aliphatic heterocycles. The number of hydrogen-bond donors (Lipinski definition) is 1. The minimum Gasteiger partial charge on any atom is -0.399 e. The highest BCUT2D eigenvalue weighted by Crippen LogP contribution is 2.31. The minimum atomic E-state index is 0. The van der Waals surface area contributed by atoms with E-state index in [0.717, 1.165) is 32.4 Å². The second kappa shape index (κ2) is 6.68. The highest BCUT2D eigenvalue weighted by atomic mass is 35.5. The van der Waals surface area contributed by atoms with Gasteiger partial charge in [0.25, 0.3) is 5.91 Å². The van der Waals surface area contributed by atoms with Crippen molar-refractivity contribution >= 4 is 35.6 Å². The summed E-state index contributed by atoms with van der Waals surface area (Å²) in [5.74, 6) is 0.0164. The molecule has 1 amide bonds. The Bertz CT molecular complexity index is 489. The number of carbonyl (C=O) groups is 1. The molecule has 0 atom stereocenters. The molecule has 0 bridgehead atoms. The molecule has 0 saturated carbocycles. The molecule has 112 valence electrons. The molecular formula is C15H22Cl2N2O. The lowest BCUT2D eigenvalue weighted by Gasteiger charge is -2.23. The molecule has 5 heteroatoms. The molecule has 0 unspecified atom stereocenters. The largest absolute Gasteiger partial charge is 0.399 e. The van der Waals surface area contributed by atoms with Crippen LogP contribution in [0.3, 0.4) is 0 Å². The lowest BCUT2D eigenvalue weighted by molar-refractivity contribution is 0.0757. The van der Waals surface area contributed by atoms with Crippen LogP contribution in [0.5, 0.6) is 0 Å². The molecule has 0 aromatic heterocycles. The number of carbonyl (C=O) groups excluding carboxylic acids is 1. The Kier molecular flexibility index (Phi) is 5.72. The molecule has 20 heavy (non-hydrogen) atoms. The summed E-state index contributed by atoms with van der Waals surface area (Å²) in [5.41, 5.74) is 7.11. The van der Waals surface area contributed by atoms with E-state index in [1.807, 2.05) is 4.90 Å². The minimum absolute atomic E-state index is 0. The zero-order valence-corrected chi connectivity index (χ0v) is 13.6.